The van der Waals surface area contributed by atoms with Crippen molar-refractivity contribution in [2.75, 3.05) is 13.7 Å². The first-order valence-electron chi connectivity index (χ1n) is 5.22. The molecule has 82 valence electrons. The molecule has 0 saturated carbocycles. The van der Waals surface area contributed by atoms with Crippen LogP contribution < -0.4 is 10.5 Å². The number of hydrogen-bond acceptors (Lipinski definition) is 2. The highest BCUT2D eigenvalue weighted by molar-refractivity contribution is 5.60. The maximum Gasteiger partial charge on any atom is 0.126 e. The van der Waals surface area contributed by atoms with Crippen molar-refractivity contribution < 1.29 is 4.74 Å². The largest absolute Gasteiger partial charge is 0.496 e. The van der Waals surface area contributed by atoms with E-state index in [1.807, 2.05) is 24.3 Å². The molecule has 0 atom stereocenters. The van der Waals surface area contributed by atoms with Crippen LogP contribution in [0.15, 0.2) is 29.8 Å². The maximum atomic E-state index is 5.70. The summed E-state index contributed by atoms with van der Waals surface area (Å²) in [6.45, 7) is 4.89. The lowest BCUT2D eigenvalue weighted by Crippen LogP contribution is -2.08. The highest BCUT2D eigenvalue weighted by atomic mass is 16.5. The number of methoxy groups -OCH3 is 1. The molecule has 0 saturated heterocycles. The van der Waals surface area contributed by atoms with Crippen molar-refractivity contribution in [1.82, 2.24) is 0 Å². The van der Waals surface area contributed by atoms with Crippen LogP contribution in [0.25, 0.3) is 6.08 Å². The molecule has 1 rings (SSSR count). The van der Waals surface area contributed by atoms with Gasteiger partial charge < -0.3 is 10.5 Å². The van der Waals surface area contributed by atoms with Crippen molar-refractivity contribution in [2.45, 2.75) is 13.8 Å². The molecule has 0 aromatic heterocycles. The Morgan fingerprint density at radius 2 is 2.07 bits per heavy atom. The van der Waals surface area contributed by atoms with E-state index in [1.165, 1.54) is 5.57 Å². The number of rotatable bonds is 4. The van der Waals surface area contributed by atoms with E-state index in [0.717, 1.165) is 11.3 Å². The Morgan fingerprint density at radius 1 is 1.40 bits per heavy atom. The van der Waals surface area contributed by atoms with Crippen LogP contribution in [0, 0.1) is 5.92 Å². The topological polar surface area (TPSA) is 35.2 Å². The zero-order valence-corrected chi connectivity index (χ0v) is 9.66. The van der Waals surface area contributed by atoms with E-state index in [-0.39, 0.29) is 0 Å². The average molecular weight is 205 g/mol. The summed E-state index contributed by atoms with van der Waals surface area (Å²) in [6, 6.07) is 7.97. The molecule has 0 aliphatic carbocycles. The van der Waals surface area contributed by atoms with Gasteiger partial charge in [-0.3, -0.25) is 0 Å². The highest BCUT2D eigenvalue weighted by Crippen LogP contribution is 2.22. The van der Waals surface area contributed by atoms with Crippen LogP contribution in [0.1, 0.15) is 19.4 Å². The number of ether oxygens (including phenoxy) is 1. The first-order valence-corrected chi connectivity index (χ1v) is 5.22. The molecule has 1 aromatic rings. The summed E-state index contributed by atoms with van der Waals surface area (Å²) in [5, 5.41) is 0. The number of para-hydroxylation sites is 1. The third-order valence-electron chi connectivity index (χ3n) is 2.46. The van der Waals surface area contributed by atoms with Crippen LogP contribution in [-0.2, 0) is 0 Å². The Hall–Kier alpha value is -1.28. The molecule has 0 heterocycles. The fourth-order valence-corrected chi connectivity index (χ4v) is 1.45. The van der Waals surface area contributed by atoms with Gasteiger partial charge >= 0.3 is 0 Å². The normalized spacial score (nSPS) is 11.9. The molecule has 2 N–H and O–H groups in total. The number of hydrogen-bond donors (Lipinski definition) is 1. The average Bonchev–Trinajstić information content (AvgIpc) is 2.25. The van der Waals surface area contributed by atoms with Crippen molar-refractivity contribution in [3.05, 3.63) is 35.4 Å². The highest BCUT2D eigenvalue weighted by Gasteiger charge is 2.03. The van der Waals surface area contributed by atoms with Crippen LogP contribution in [0.5, 0.6) is 5.75 Å². The van der Waals surface area contributed by atoms with Gasteiger partial charge in [0.15, 0.2) is 0 Å². The lowest BCUT2D eigenvalue weighted by molar-refractivity contribution is 0.414. The van der Waals surface area contributed by atoms with Crippen molar-refractivity contribution >= 4 is 6.08 Å². The van der Waals surface area contributed by atoms with Crippen LogP contribution in [0.4, 0.5) is 0 Å². The molecule has 0 radical (unpaired) electrons. The summed E-state index contributed by atoms with van der Waals surface area (Å²) in [5.74, 6) is 1.36. The molecule has 2 nitrogen and oxygen atoms in total. The quantitative estimate of drug-likeness (QED) is 0.820. The van der Waals surface area contributed by atoms with Crippen molar-refractivity contribution in [3.8, 4) is 5.75 Å². The Balaban J connectivity index is 3.05. The predicted molar refractivity (Wildman–Crippen MR) is 64.9 cm³/mol. The van der Waals surface area contributed by atoms with E-state index in [4.69, 9.17) is 10.5 Å². The zero-order valence-electron chi connectivity index (χ0n) is 9.66. The van der Waals surface area contributed by atoms with Crippen LogP contribution in [-0.4, -0.2) is 13.7 Å². The standard InChI is InChI=1S/C13H19NO/c1-10(2)12(9-14)8-11-6-4-5-7-13(11)15-3/h4-8,10H,9,14H2,1-3H3. The first-order chi connectivity index (χ1) is 7.19. The Labute approximate surface area is 91.7 Å². The van der Waals surface area contributed by atoms with E-state index < -0.39 is 0 Å². The van der Waals surface area contributed by atoms with Gasteiger partial charge in [0.05, 0.1) is 7.11 Å². The molecule has 0 unspecified atom stereocenters. The number of benzene rings is 1. The second-order valence-corrected chi connectivity index (χ2v) is 3.82. The van der Waals surface area contributed by atoms with Crippen LogP contribution in [0.3, 0.4) is 0 Å². The van der Waals surface area contributed by atoms with Gasteiger partial charge in [0.25, 0.3) is 0 Å². The molecule has 1 aromatic carbocycles. The van der Waals surface area contributed by atoms with E-state index in [2.05, 4.69) is 19.9 Å². The second-order valence-electron chi connectivity index (χ2n) is 3.82. The Morgan fingerprint density at radius 3 is 2.60 bits per heavy atom. The molecule has 0 fully saturated rings. The smallest absolute Gasteiger partial charge is 0.126 e. The lowest BCUT2D eigenvalue weighted by atomic mass is 10.0. The molecule has 0 bridgehead atoms. The van der Waals surface area contributed by atoms with Crippen LogP contribution in [0.2, 0.25) is 0 Å². The Bertz CT molecular complexity index is 342. The second kappa shape index (κ2) is 5.56. The number of nitrogens with two attached hydrogens (primary N) is 1. The van der Waals surface area contributed by atoms with Gasteiger partial charge in [-0.1, -0.05) is 43.7 Å². The Kier molecular flexibility index (Phi) is 4.37. The molecule has 0 spiro atoms. The van der Waals surface area contributed by atoms with E-state index in [1.54, 1.807) is 7.11 Å². The minimum Gasteiger partial charge on any atom is -0.496 e. The van der Waals surface area contributed by atoms with Gasteiger partial charge in [-0.2, -0.15) is 0 Å². The predicted octanol–water partition coefficient (Wildman–Crippen LogP) is 2.69. The molecule has 0 amide bonds. The van der Waals surface area contributed by atoms with Gasteiger partial charge in [-0.15, -0.1) is 0 Å². The minimum absolute atomic E-state index is 0.472. The SMILES string of the molecule is COc1ccccc1C=C(CN)C(C)C. The van der Waals surface area contributed by atoms with Gasteiger partial charge in [0, 0.05) is 12.1 Å². The van der Waals surface area contributed by atoms with E-state index >= 15 is 0 Å². The third kappa shape index (κ3) is 3.10. The fourth-order valence-electron chi connectivity index (χ4n) is 1.45. The first kappa shape index (κ1) is 11.8. The fraction of sp³-hybridized carbons (Fsp3) is 0.385. The molecule has 2 heteroatoms. The van der Waals surface area contributed by atoms with Gasteiger partial charge in [0.2, 0.25) is 0 Å². The van der Waals surface area contributed by atoms with Gasteiger partial charge in [0.1, 0.15) is 5.75 Å². The minimum atomic E-state index is 0.472. The monoisotopic (exact) mass is 205 g/mol. The third-order valence-corrected chi connectivity index (χ3v) is 2.46. The summed E-state index contributed by atoms with van der Waals surface area (Å²) < 4.78 is 5.29. The van der Waals surface area contributed by atoms with Crippen molar-refractivity contribution in [2.24, 2.45) is 11.7 Å². The van der Waals surface area contributed by atoms with E-state index in [0.29, 0.717) is 12.5 Å². The van der Waals surface area contributed by atoms with Crippen LogP contribution >= 0.6 is 0 Å². The molecule has 0 aliphatic heterocycles. The molecule has 15 heavy (non-hydrogen) atoms. The maximum absolute atomic E-state index is 5.70. The summed E-state index contributed by atoms with van der Waals surface area (Å²) in [7, 11) is 1.68. The zero-order chi connectivity index (χ0) is 11.3. The van der Waals surface area contributed by atoms with Gasteiger partial charge in [-0.05, 0) is 12.0 Å². The van der Waals surface area contributed by atoms with E-state index in [9.17, 15) is 0 Å². The summed E-state index contributed by atoms with van der Waals surface area (Å²) in [5.41, 5.74) is 8.03. The molecular formula is C13H19NO. The molecule has 0 aliphatic rings. The van der Waals surface area contributed by atoms with Crippen molar-refractivity contribution in [1.29, 1.82) is 0 Å². The summed E-state index contributed by atoms with van der Waals surface area (Å²) >= 11 is 0. The summed E-state index contributed by atoms with van der Waals surface area (Å²) in [4.78, 5) is 0. The van der Waals surface area contributed by atoms with Gasteiger partial charge in [-0.25, -0.2) is 0 Å². The van der Waals surface area contributed by atoms with Crippen molar-refractivity contribution in [3.63, 3.8) is 0 Å². The molecular weight excluding hydrogens is 186 g/mol. The summed E-state index contributed by atoms with van der Waals surface area (Å²) in [6.07, 6.45) is 2.11. The lowest BCUT2D eigenvalue weighted by Gasteiger charge is -2.10.